The highest BCUT2D eigenvalue weighted by molar-refractivity contribution is 4.91. The van der Waals surface area contributed by atoms with Gasteiger partial charge in [-0.05, 0) is 32.6 Å². The van der Waals surface area contributed by atoms with E-state index in [2.05, 4.69) is 0 Å². The van der Waals surface area contributed by atoms with Crippen LogP contribution in [0.15, 0.2) is 0 Å². The van der Waals surface area contributed by atoms with E-state index in [-0.39, 0.29) is 5.54 Å². The molecule has 0 aromatic heterocycles. The topological polar surface area (TPSA) is 35.2 Å². The molecule has 0 amide bonds. The van der Waals surface area contributed by atoms with Crippen molar-refractivity contribution in [2.45, 2.75) is 38.1 Å². The molecule has 0 bridgehead atoms. The molecule has 0 radical (unpaired) electrons. The molecule has 0 saturated heterocycles. The lowest BCUT2D eigenvalue weighted by Gasteiger charge is -2.38. The highest BCUT2D eigenvalue weighted by Crippen LogP contribution is 2.31. The third-order valence-corrected chi connectivity index (χ3v) is 2.30. The van der Waals surface area contributed by atoms with E-state index in [1.54, 1.807) is 0 Å². The second-order valence-electron chi connectivity index (χ2n) is 3.16. The van der Waals surface area contributed by atoms with Gasteiger partial charge in [0.1, 0.15) is 0 Å². The zero-order valence-corrected chi connectivity index (χ0v) is 6.73. The van der Waals surface area contributed by atoms with Gasteiger partial charge in [0.25, 0.3) is 0 Å². The number of ether oxygens (including phenoxy) is 1. The first-order valence-corrected chi connectivity index (χ1v) is 4.13. The van der Waals surface area contributed by atoms with E-state index < -0.39 is 0 Å². The van der Waals surface area contributed by atoms with Crippen LogP contribution in [-0.4, -0.2) is 18.8 Å². The Morgan fingerprint density at radius 3 is 2.60 bits per heavy atom. The quantitative estimate of drug-likeness (QED) is 0.602. The highest BCUT2D eigenvalue weighted by Gasteiger charge is 2.31. The molecule has 1 aliphatic rings. The van der Waals surface area contributed by atoms with Crippen LogP contribution in [0.25, 0.3) is 0 Å². The van der Waals surface area contributed by atoms with Crippen LogP contribution in [0, 0.1) is 0 Å². The first kappa shape index (κ1) is 8.02. The first-order chi connectivity index (χ1) is 4.77. The lowest BCUT2D eigenvalue weighted by Crippen LogP contribution is -2.47. The van der Waals surface area contributed by atoms with Gasteiger partial charge in [0.05, 0.1) is 0 Å². The summed E-state index contributed by atoms with van der Waals surface area (Å²) < 4.78 is 5.23. The monoisotopic (exact) mass is 143 g/mol. The van der Waals surface area contributed by atoms with E-state index in [9.17, 15) is 0 Å². The van der Waals surface area contributed by atoms with Gasteiger partial charge in [-0.3, -0.25) is 0 Å². The van der Waals surface area contributed by atoms with Gasteiger partial charge >= 0.3 is 0 Å². The van der Waals surface area contributed by atoms with Gasteiger partial charge in [0.15, 0.2) is 0 Å². The molecule has 0 aromatic carbocycles. The molecule has 0 spiro atoms. The fourth-order valence-electron chi connectivity index (χ4n) is 1.30. The molecular weight excluding hydrogens is 126 g/mol. The standard InChI is InChI=1S/C8H17NO/c1-2-10-7-6-8(9)4-3-5-8/h2-7,9H2,1H3. The van der Waals surface area contributed by atoms with Crippen LogP contribution in [-0.2, 0) is 4.74 Å². The lowest BCUT2D eigenvalue weighted by molar-refractivity contribution is 0.103. The van der Waals surface area contributed by atoms with Gasteiger partial charge in [-0.15, -0.1) is 0 Å². The summed E-state index contributed by atoms with van der Waals surface area (Å²) in [5.41, 5.74) is 6.11. The summed E-state index contributed by atoms with van der Waals surface area (Å²) in [5.74, 6) is 0. The van der Waals surface area contributed by atoms with Crippen molar-refractivity contribution < 1.29 is 4.74 Å². The maximum absolute atomic E-state index is 5.96. The summed E-state index contributed by atoms with van der Waals surface area (Å²) >= 11 is 0. The van der Waals surface area contributed by atoms with Gasteiger partial charge in [0, 0.05) is 18.8 Å². The Balaban J connectivity index is 2.01. The van der Waals surface area contributed by atoms with E-state index in [0.29, 0.717) is 0 Å². The predicted octanol–water partition coefficient (Wildman–Crippen LogP) is 1.29. The minimum absolute atomic E-state index is 0.148. The molecule has 0 aliphatic heterocycles. The summed E-state index contributed by atoms with van der Waals surface area (Å²) in [4.78, 5) is 0. The van der Waals surface area contributed by atoms with E-state index in [1.807, 2.05) is 6.92 Å². The van der Waals surface area contributed by atoms with Crippen LogP contribution in [0.5, 0.6) is 0 Å². The molecule has 1 saturated carbocycles. The Labute approximate surface area is 62.7 Å². The van der Waals surface area contributed by atoms with Gasteiger partial charge in [0.2, 0.25) is 0 Å². The molecule has 1 aliphatic carbocycles. The van der Waals surface area contributed by atoms with Crippen LogP contribution in [0.3, 0.4) is 0 Å². The number of hydrogen-bond donors (Lipinski definition) is 1. The average molecular weight is 143 g/mol. The van der Waals surface area contributed by atoms with E-state index in [4.69, 9.17) is 10.5 Å². The summed E-state index contributed by atoms with van der Waals surface area (Å²) in [6.45, 7) is 3.67. The van der Waals surface area contributed by atoms with Crippen LogP contribution in [0.2, 0.25) is 0 Å². The van der Waals surface area contributed by atoms with Crippen molar-refractivity contribution >= 4 is 0 Å². The van der Waals surface area contributed by atoms with E-state index >= 15 is 0 Å². The van der Waals surface area contributed by atoms with Gasteiger partial charge in [-0.2, -0.15) is 0 Å². The van der Waals surface area contributed by atoms with Crippen molar-refractivity contribution in [3.8, 4) is 0 Å². The van der Waals surface area contributed by atoms with E-state index in [0.717, 1.165) is 19.6 Å². The van der Waals surface area contributed by atoms with Crippen molar-refractivity contribution in [2.75, 3.05) is 13.2 Å². The smallest absolute Gasteiger partial charge is 0.0483 e. The van der Waals surface area contributed by atoms with E-state index in [1.165, 1.54) is 19.3 Å². The third-order valence-electron chi connectivity index (χ3n) is 2.30. The van der Waals surface area contributed by atoms with Crippen LogP contribution in [0.1, 0.15) is 32.6 Å². The third kappa shape index (κ3) is 1.96. The molecule has 1 fully saturated rings. The van der Waals surface area contributed by atoms with Gasteiger partial charge < -0.3 is 10.5 Å². The molecule has 2 nitrogen and oxygen atoms in total. The lowest BCUT2D eigenvalue weighted by atomic mass is 9.76. The Hall–Kier alpha value is -0.0800. The largest absolute Gasteiger partial charge is 0.382 e. The molecule has 0 aromatic rings. The van der Waals surface area contributed by atoms with Crippen molar-refractivity contribution in [1.29, 1.82) is 0 Å². The minimum atomic E-state index is 0.148. The normalized spacial score (nSPS) is 22.2. The zero-order chi connectivity index (χ0) is 7.45. The maximum atomic E-state index is 5.96. The number of nitrogens with two attached hydrogens (primary N) is 1. The second-order valence-corrected chi connectivity index (χ2v) is 3.16. The zero-order valence-electron chi connectivity index (χ0n) is 6.73. The molecule has 0 atom stereocenters. The number of rotatable bonds is 4. The Bertz CT molecular complexity index is 99.4. The molecule has 2 heteroatoms. The summed E-state index contributed by atoms with van der Waals surface area (Å²) in [6, 6.07) is 0. The Morgan fingerprint density at radius 2 is 2.20 bits per heavy atom. The SMILES string of the molecule is CCOCCC1(N)CCC1. The summed E-state index contributed by atoms with van der Waals surface area (Å²) in [7, 11) is 0. The average Bonchev–Trinajstić information content (AvgIpc) is 1.85. The summed E-state index contributed by atoms with van der Waals surface area (Å²) in [6.07, 6.45) is 4.74. The molecule has 0 unspecified atom stereocenters. The van der Waals surface area contributed by atoms with Crippen LogP contribution < -0.4 is 5.73 Å². The maximum Gasteiger partial charge on any atom is 0.0483 e. The van der Waals surface area contributed by atoms with Crippen molar-refractivity contribution in [1.82, 2.24) is 0 Å². The van der Waals surface area contributed by atoms with Crippen molar-refractivity contribution in [3.05, 3.63) is 0 Å². The molecular formula is C8H17NO. The van der Waals surface area contributed by atoms with Gasteiger partial charge in [-0.1, -0.05) is 0 Å². The first-order valence-electron chi connectivity index (χ1n) is 4.13. The van der Waals surface area contributed by atoms with Gasteiger partial charge in [-0.25, -0.2) is 0 Å². The molecule has 2 N–H and O–H groups in total. The molecule has 60 valence electrons. The number of hydrogen-bond acceptors (Lipinski definition) is 2. The Morgan fingerprint density at radius 1 is 1.50 bits per heavy atom. The second kappa shape index (κ2) is 3.35. The predicted molar refractivity (Wildman–Crippen MR) is 41.9 cm³/mol. The summed E-state index contributed by atoms with van der Waals surface area (Å²) in [5, 5.41) is 0. The fourth-order valence-corrected chi connectivity index (χ4v) is 1.30. The van der Waals surface area contributed by atoms with Crippen LogP contribution >= 0.6 is 0 Å². The molecule has 1 rings (SSSR count). The molecule has 0 heterocycles. The minimum Gasteiger partial charge on any atom is -0.382 e. The van der Waals surface area contributed by atoms with Crippen molar-refractivity contribution in [3.63, 3.8) is 0 Å². The highest BCUT2D eigenvalue weighted by atomic mass is 16.5. The fraction of sp³-hybridized carbons (Fsp3) is 1.00. The van der Waals surface area contributed by atoms with Crippen LogP contribution in [0.4, 0.5) is 0 Å². The van der Waals surface area contributed by atoms with Crippen molar-refractivity contribution in [2.24, 2.45) is 5.73 Å². The Kier molecular flexibility index (Phi) is 2.69. The molecule has 10 heavy (non-hydrogen) atoms.